The van der Waals surface area contributed by atoms with E-state index in [1.54, 1.807) is 13.8 Å². The van der Waals surface area contributed by atoms with E-state index in [4.69, 9.17) is 0 Å². The molecule has 2 amide bonds. The number of carbonyl (C=O) groups is 1. The summed E-state index contributed by atoms with van der Waals surface area (Å²) >= 11 is 0. The van der Waals surface area contributed by atoms with E-state index < -0.39 is 41.2 Å². The summed E-state index contributed by atoms with van der Waals surface area (Å²) in [5.41, 5.74) is -0.122. The summed E-state index contributed by atoms with van der Waals surface area (Å²) in [5, 5.41) is 10.1. The number of nitrogens with one attached hydrogen (secondary N) is 2. The largest absolute Gasteiger partial charge is 0.332 e. The Balaban J connectivity index is 1.35. The van der Waals surface area contributed by atoms with Gasteiger partial charge in [-0.05, 0) is 70.1 Å². The summed E-state index contributed by atoms with van der Waals surface area (Å²) in [6.07, 6.45) is 6.65. The van der Waals surface area contributed by atoms with E-state index in [1.165, 1.54) is 19.3 Å². The molecular formula is C23H25F5N4O. The summed E-state index contributed by atoms with van der Waals surface area (Å²) in [5.74, 6) is -8.03. The van der Waals surface area contributed by atoms with Gasteiger partial charge in [-0.2, -0.15) is 5.10 Å². The molecule has 4 aliphatic rings. The SMILES string of the molecule is Cc1nn(Cc2c(F)c(F)c(F)c(F)c2F)c(C)c1NC(=O)NC12CC3CC(CC(C3)C1)C2. The van der Waals surface area contributed by atoms with E-state index in [0.29, 0.717) is 34.8 Å². The highest BCUT2D eigenvalue weighted by atomic mass is 19.2. The Morgan fingerprint density at radius 2 is 1.39 bits per heavy atom. The Hall–Kier alpha value is -2.65. The van der Waals surface area contributed by atoms with Crippen LogP contribution in [0, 0.1) is 60.7 Å². The van der Waals surface area contributed by atoms with Crippen LogP contribution in [0.3, 0.4) is 0 Å². The second-order valence-corrected chi connectivity index (χ2v) is 10.0. The maximum Gasteiger partial charge on any atom is 0.319 e. The number of nitrogens with zero attached hydrogens (tertiary/aromatic N) is 2. The monoisotopic (exact) mass is 468 g/mol. The average Bonchev–Trinajstić information content (AvgIpc) is 3.00. The number of rotatable bonds is 4. The fraction of sp³-hybridized carbons (Fsp3) is 0.565. The van der Waals surface area contributed by atoms with Crippen LogP contribution in [0.15, 0.2) is 0 Å². The van der Waals surface area contributed by atoms with Crippen LogP contribution in [0.1, 0.15) is 55.5 Å². The first kappa shape index (κ1) is 22.2. The number of hydrogen-bond donors (Lipinski definition) is 2. The van der Waals surface area contributed by atoms with Crippen molar-refractivity contribution >= 4 is 11.7 Å². The van der Waals surface area contributed by atoms with Gasteiger partial charge in [0.25, 0.3) is 0 Å². The van der Waals surface area contributed by atoms with E-state index in [9.17, 15) is 26.7 Å². The lowest BCUT2D eigenvalue weighted by Gasteiger charge is -2.56. The molecule has 0 spiro atoms. The van der Waals surface area contributed by atoms with Gasteiger partial charge in [-0.3, -0.25) is 4.68 Å². The van der Waals surface area contributed by atoms with Gasteiger partial charge < -0.3 is 10.6 Å². The third kappa shape index (κ3) is 3.67. The molecule has 0 atom stereocenters. The maximum absolute atomic E-state index is 14.1. The molecule has 178 valence electrons. The predicted octanol–water partition coefficient (Wildman–Crippen LogP) is 5.33. The number of carbonyl (C=O) groups excluding carboxylic acids is 1. The van der Waals surface area contributed by atoms with E-state index in [2.05, 4.69) is 15.7 Å². The highest BCUT2D eigenvalue weighted by molar-refractivity contribution is 5.91. The maximum atomic E-state index is 14.1. The van der Waals surface area contributed by atoms with Crippen molar-refractivity contribution in [2.24, 2.45) is 17.8 Å². The summed E-state index contributed by atoms with van der Waals surface area (Å²) in [7, 11) is 0. The van der Waals surface area contributed by atoms with Crippen LogP contribution in [0.4, 0.5) is 32.4 Å². The van der Waals surface area contributed by atoms with Crippen LogP contribution in [-0.2, 0) is 6.54 Å². The minimum atomic E-state index is -2.20. The molecule has 4 aliphatic carbocycles. The van der Waals surface area contributed by atoms with E-state index >= 15 is 0 Å². The van der Waals surface area contributed by atoms with Crippen LogP contribution in [0.5, 0.6) is 0 Å². The van der Waals surface area contributed by atoms with E-state index in [-0.39, 0.29) is 11.6 Å². The van der Waals surface area contributed by atoms with Crippen LogP contribution in [-0.4, -0.2) is 21.4 Å². The number of halogens is 5. The third-order valence-corrected chi connectivity index (χ3v) is 7.65. The Labute approximate surface area is 187 Å². The molecule has 1 heterocycles. The first-order chi connectivity index (χ1) is 15.6. The standard InChI is InChI=1S/C23H25F5N4O/c1-10-21(29-22(33)30-23-6-12-3-13(7-23)5-14(4-12)8-23)11(2)32(31-10)9-15-16(24)18(26)20(28)19(27)17(15)25/h12-14H,3-9H2,1-2H3,(H2,29,30,33). The van der Waals surface area contributed by atoms with Crippen molar-refractivity contribution in [3.05, 3.63) is 46.0 Å². The van der Waals surface area contributed by atoms with E-state index in [0.717, 1.165) is 23.9 Å². The molecule has 4 saturated carbocycles. The van der Waals surface area contributed by atoms with Crippen molar-refractivity contribution in [1.82, 2.24) is 15.1 Å². The molecule has 6 rings (SSSR count). The van der Waals surface area contributed by atoms with Crippen LogP contribution in [0.25, 0.3) is 0 Å². The van der Waals surface area contributed by atoms with Crippen molar-refractivity contribution in [3.63, 3.8) is 0 Å². The summed E-state index contributed by atoms with van der Waals surface area (Å²) in [4.78, 5) is 12.9. The molecular weight excluding hydrogens is 443 g/mol. The number of anilines is 1. The van der Waals surface area contributed by atoms with Gasteiger partial charge >= 0.3 is 6.03 Å². The fourth-order valence-corrected chi connectivity index (χ4v) is 6.62. The normalized spacial score (nSPS) is 27.8. The molecule has 0 saturated heterocycles. The van der Waals surface area contributed by atoms with Gasteiger partial charge in [-0.25, -0.2) is 26.7 Å². The van der Waals surface area contributed by atoms with Gasteiger partial charge in [-0.1, -0.05) is 0 Å². The van der Waals surface area contributed by atoms with Gasteiger partial charge in [0.1, 0.15) is 0 Å². The van der Waals surface area contributed by atoms with Crippen molar-refractivity contribution in [1.29, 1.82) is 0 Å². The quantitative estimate of drug-likeness (QED) is 0.362. The van der Waals surface area contributed by atoms with Gasteiger partial charge in [0, 0.05) is 5.54 Å². The highest BCUT2D eigenvalue weighted by Gasteiger charge is 2.51. The van der Waals surface area contributed by atoms with Gasteiger partial charge in [0.05, 0.1) is 29.2 Å². The minimum Gasteiger partial charge on any atom is -0.332 e. The number of aryl methyl sites for hydroxylation is 1. The lowest BCUT2D eigenvalue weighted by Crippen LogP contribution is -2.60. The second kappa shape index (κ2) is 7.70. The number of amides is 2. The lowest BCUT2D eigenvalue weighted by molar-refractivity contribution is -0.0127. The predicted molar refractivity (Wildman–Crippen MR) is 110 cm³/mol. The minimum absolute atomic E-state index is 0.202. The fourth-order valence-electron chi connectivity index (χ4n) is 6.62. The molecule has 4 fully saturated rings. The number of urea groups is 1. The molecule has 0 unspecified atom stereocenters. The zero-order chi connectivity index (χ0) is 23.7. The summed E-state index contributed by atoms with van der Waals surface area (Å²) in [6.45, 7) is 2.49. The topological polar surface area (TPSA) is 59.0 Å². The molecule has 1 aromatic carbocycles. The Morgan fingerprint density at radius 1 is 0.909 bits per heavy atom. The highest BCUT2D eigenvalue weighted by Crippen LogP contribution is 2.55. The molecule has 10 heteroatoms. The lowest BCUT2D eigenvalue weighted by atomic mass is 9.53. The molecule has 0 radical (unpaired) electrons. The van der Waals surface area contributed by atoms with Crippen molar-refractivity contribution in [2.45, 2.75) is 64.5 Å². The number of aromatic nitrogens is 2. The van der Waals surface area contributed by atoms with Crippen LogP contribution >= 0.6 is 0 Å². The van der Waals surface area contributed by atoms with Crippen molar-refractivity contribution in [2.75, 3.05) is 5.32 Å². The first-order valence-electron chi connectivity index (χ1n) is 11.2. The zero-order valence-electron chi connectivity index (χ0n) is 18.4. The second-order valence-electron chi connectivity index (χ2n) is 10.0. The molecule has 2 N–H and O–H groups in total. The van der Waals surface area contributed by atoms with Crippen molar-refractivity contribution < 1.29 is 26.7 Å². The number of benzene rings is 1. The smallest absolute Gasteiger partial charge is 0.319 e. The Bertz CT molecular complexity index is 1080. The van der Waals surface area contributed by atoms with Crippen molar-refractivity contribution in [3.8, 4) is 0 Å². The molecule has 4 bridgehead atoms. The Kier molecular flexibility index (Phi) is 5.17. The Morgan fingerprint density at radius 3 is 1.91 bits per heavy atom. The molecule has 5 nitrogen and oxygen atoms in total. The molecule has 33 heavy (non-hydrogen) atoms. The molecule has 2 aromatic rings. The van der Waals surface area contributed by atoms with Crippen LogP contribution in [0.2, 0.25) is 0 Å². The van der Waals surface area contributed by atoms with Gasteiger partial charge in [-0.15, -0.1) is 0 Å². The first-order valence-corrected chi connectivity index (χ1v) is 11.2. The molecule has 0 aliphatic heterocycles. The summed E-state index contributed by atoms with van der Waals surface area (Å²) in [6, 6.07) is -0.376. The average molecular weight is 468 g/mol. The number of hydrogen-bond acceptors (Lipinski definition) is 2. The molecule has 1 aromatic heterocycles. The van der Waals surface area contributed by atoms with Crippen LogP contribution < -0.4 is 10.6 Å². The summed E-state index contributed by atoms with van der Waals surface area (Å²) < 4.78 is 69.8. The van der Waals surface area contributed by atoms with E-state index in [1.807, 2.05) is 0 Å². The zero-order valence-corrected chi connectivity index (χ0v) is 18.4. The van der Waals surface area contributed by atoms with Gasteiger partial charge in [0.2, 0.25) is 5.82 Å². The van der Waals surface area contributed by atoms with Gasteiger partial charge in [0.15, 0.2) is 23.3 Å². The third-order valence-electron chi connectivity index (χ3n) is 7.65.